The van der Waals surface area contributed by atoms with E-state index in [-0.39, 0.29) is 11.8 Å². The topological polar surface area (TPSA) is 52.7 Å². The molecule has 1 saturated carbocycles. The van der Waals surface area contributed by atoms with Crippen molar-refractivity contribution >= 4 is 11.8 Å². The number of hydrogen-bond acceptors (Lipinski definition) is 3. The average Bonchev–Trinajstić information content (AvgIpc) is 3.41. The van der Waals surface area contributed by atoms with Gasteiger partial charge in [-0.2, -0.15) is 0 Å². The minimum absolute atomic E-state index is 0.0278. The van der Waals surface area contributed by atoms with Gasteiger partial charge in [-0.15, -0.1) is 0 Å². The van der Waals surface area contributed by atoms with E-state index in [2.05, 4.69) is 23.2 Å². The molecule has 2 fully saturated rings. The number of likely N-dealkylation sites (N-methyl/N-ethyl adjacent to an activating group) is 1. The molecule has 0 unspecified atom stereocenters. The third-order valence-electron chi connectivity index (χ3n) is 5.24. The smallest absolute Gasteiger partial charge is 0.238 e. The van der Waals surface area contributed by atoms with E-state index in [1.54, 1.807) is 0 Å². The van der Waals surface area contributed by atoms with Crippen molar-refractivity contribution in [1.29, 1.82) is 0 Å². The van der Waals surface area contributed by atoms with Gasteiger partial charge in [-0.3, -0.25) is 9.59 Å². The van der Waals surface area contributed by atoms with E-state index in [0.717, 1.165) is 38.3 Å². The zero-order chi connectivity index (χ0) is 17.2. The van der Waals surface area contributed by atoms with Crippen LogP contribution >= 0.6 is 0 Å². The third kappa shape index (κ3) is 3.46. The van der Waals surface area contributed by atoms with Gasteiger partial charge in [0.25, 0.3) is 0 Å². The van der Waals surface area contributed by atoms with Crippen LogP contribution in [0.1, 0.15) is 30.9 Å². The number of carbonyl (C=O) groups excluding carboxylic acids is 2. The standard InChI is InChI=1S/C19H27N3O2/c1-3-21-9-11-22(12-10-21)18(24)19(7-8-19)17(23)20-14-16-6-4-5-15(2)13-16/h4-6,13H,3,7-12,14H2,1-2H3,(H,20,23). The van der Waals surface area contributed by atoms with Crippen LogP contribution in [-0.2, 0) is 16.1 Å². The molecule has 1 saturated heterocycles. The van der Waals surface area contributed by atoms with Gasteiger partial charge in [-0.25, -0.2) is 0 Å². The number of amides is 2. The molecule has 2 amide bonds. The summed E-state index contributed by atoms with van der Waals surface area (Å²) in [6.07, 6.45) is 1.36. The predicted octanol–water partition coefficient (Wildman–Crippen LogP) is 1.56. The largest absolute Gasteiger partial charge is 0.351 e. The number of piperazine rings is 1. The highest BCUT2D eigenvalue weighted by Gasteiger charge is 2.58. The monoisotopic (exact) mass is 329 g/mol. The van der Waals surface area contributed by atoms with Crippen LogP contribution in [0.2, 0.25) is 0 Å². The van der Waals surface area contributed by atoms with E-state index in [4.69, 9.17) is 0 Å². The van der Waals surface area contributed by atoms with Crippen molar-refractivity contribution in [2.45, 2.75) is 33.2 Å². The van der Waals surface area contributed by atoms with E-state index in [1.165, 1.54) is 5.56 Å². The molecule has 5 heteroatoms. The molecule has 0 atom stereocenters. The molecule has 130 valence electrons. The van der Waals surface area contributed by atoms with Gasteiger partial charge in [-0.1, -0.05) is 36.8 Å². The number of aryl methyl sites for hydroxylation is 1. The number of benzene rings is 1. The molecule has 1 heterocycles. The molecule has 0 aromatic heterocycles. The van der Waals surface area contributed by atoms with Gasteiger partial charge >= 0.3 is 0 Å². The minimum Gasteiger partial charge on any atom is -0.351 e. The van der Waals surface area contributed by atoms with Gasteiger partial charge < -0.3 is 15.1 Å². The second-order valence-electron chi connectivity index (χ2n) is 6.98. The van der Waals surface area contributed by atoms with Crippen LogP contribution < -0.4 is 5.32 Å². The molecular weight excluding hydrogens is 302 g/mol. The maximum atomic E-state index is 12.8. The van der Waals surface area contributed by atoms with Gasteiger partial charge in [0.2, 0.25) is 11.8 Å². The van der Waals surface area contributed by atoms with Crippen LogP contribution in [0.15, 0.2) is 24.3 Å². The van der Waals surface area contributed by atoms with Gasteiger partial charge in [0, 0.05) is 32.7 Å². The summed E-state index contributed by atoms with van der Waals surface area (Å²) in [5, 5.41) is 2.97. The van der Waals surface area contributed by atoms with E-state index >= 15 is 0 Å². The Morgan fingerprint density at radius 1 is 1.17 bits per heavy atom. The fourth-order valence-corrected chi connectivity index (χ4v) is 3.41. The molecule has 1 aliphatic heterocycles. The summed E-state index contributed by atoms with van der Waals surface area (Å²) in [6, 6.07) is 8.08. The summed E-state index contributed by atoms with van der Waals surface area (Å²) in [7, 11) is 0. The molecule has 0 radical (unpaired) electrons. The molecule has 0 bridgehead atoms. The lowest BCUT2D eigenvalue weighted by Crippen LogP contribution is -2.53. The fourth-order valence-electron chi connectivity index (χ4n) is 3.41. The molecule has 5 nitrogen and oxygen atoms in total. The Hall–Kier alpha value is -1.88. The van der Waals surface area contributed by atoms with Gasteiger partial charge in [0.1, 0.15) is 5.41 Å². The minimum atomic E-state index is -0.793. The lowest BCUT2D eigenvalue weighted by atomic mass is 10.0. The molecule has 24 heavy (non-hydrogen) atoms. The van der Waals surface area contributed by atoms with E-state index in [0.29, 0.717) is 19.4 Å². The van der Waals surface area contributed by atoms with Crippen molar-refractivity contribution in [3.8, 4) is 0 Å². The Morgan fingerprint density at radius 2 is 1.88 bits per heavy atom. The van der Waals surface area contributed by atoms with Crippen molar-refractivity contribution in [2.24, 2.45) is 5.41 Å². The first kappa shape index (κ1) is 17.0. The van der Waals surface area contributed by atoms with Crippen molar-refractivity contribution in [1.82, 2.24) is 15.1 Å². The summed E-state index contributed by atoms with van der Waals surface area (Å²) >= 11 is 0. The Labute approximate surface area is 144 Å². The number of carbonyl (C=O) groups is 2. The summed E-state index contributed by atoms with van der Waals surface area (Å²) in [6.45, 7) is 8.96. The second kappa shape index (κ2) is 6.93. The van der Waals surface area contributed by atoms with Crippen molar-refractivity contribution in [2.75, 3.05) is 32.7 Å². The zero-order valence-corrected chi connectivity index (χ0v) is 14.7. The fraction of sp³-hybridized carbons (Fsp3) is 0.579. The maximum absolute atomic E-state index is 12.8. The molecule has 3 rings (SSSR count). The Balaban J connectivity index is 1.57. The zero-order valence-electron chi connectivity index (χ0n) is 14.7. The van der Waals surface area contributed by atoms with Crippen LogP contribution in [0.3, 0.4) is 0 Å². The Morgan fingerprint density at radius 3 is 2.46 bits per heavy atom. The first-order chi connectivity index (χ1) is 11.5. The third-order valence-corrected chi connectivity index (χ3v) is 5.24. The quantitative estimate of drug-likeness (QED) is 0.834. The average molecular weight is 329 g/mol. The lowest BCUT2D eigenvalue weighted by molar-refractivity contribution is -0.145. The Bertz CT molecular complexity index is 617. The molecule has 1 N–H and O–H groups in total. The molecule has 0 spiro atoms. The molecule has 1 aromatic carbocycles. The first-order valence-electron chi connectivity index (χ1n) is 8.91. The normalized spacial score (nSPS) is 19.8. The molecule has 1 aromatic rings. The Kier molecular flexibility index (Phi) is 4.90. The van der Waals surface area contributed by atoms with Gasteiger partial charge in [-0.05, 0) is 31.9 Å². The summed E-state index contributed by atoms with van der Waals surface area (Å²) in [5.41, 5.74) is 1.45. The predicted molar refractivity (Wildman–Crippen MR) is 93.4 cm³/mol. The maximum Gasteiger partial charge on any atom is 0.238 e. The summed E-state index contributed by atoms with van der Waals surface area (Å²) in [4.78, 5) is 29.7. The van der Waals surface area contributed by atoms with Crippen LogP contribution in [-0.4, -0.2) is 54.3 Å². The molecule has 1 aliphatic carbocycles. The SMILES string of the molecule is CCN1CCN(C(=O)C2(C(=O)NCc3cccc(C)c3)CC2)CC1. The van der Waals surface area contributed by atoms with E-state index in [9.17, 15) is 9.59 Å². The van der Waals surface area contributed by atoms with Crippen LogP contribution in [0.4, 0.5) is 0 Å². The van der Waals surface area contributed by atoms with Crippen molar-refractivity contribution < 1.29 is 9.59 Å². The highest BCUT2D eigenvalue weighted by molar-refractivity contribution is 6.07. The summed E-state index contributed by atoms with van der Waals surface area (Å²) in [5.74, 6) is -0.0769. The van der Waals surface area contributed by atoms with Crippen molar-refractivity contribution in [3.05, 3.63) is 35.4 Å². The number of rotatable bonds is 5. The van der Waals surface area contributed by atoms with Gasteiger partial charge in [0.15, 0.2) is 0 Å². The number of nitrogens with one attached hydrogen (secondary N) is 1. The molecular formula is C19H27N3O2. The van der Waals surface area contributed by atoms with E-state index < -0.39 is 5.41 Å². The summed E-state index contributed by atoms with van der Waals surface area (Å²) < 4.78 is 0. The highest BCUT2D eigenvalue weighted by atomic mass is 16.2. The van der Waals surface area contributed by atoms with Crippen LogP contribution in [0.25, 0.3) is 0 Å². The number of hydrogen-bond donors (Lipinski definition) is 1. The van der Waals surface area contributed by atoms with Crippen LogP contribution in [0.5, 0.6) is 0 Å². The second-order valence-corrected chi connectivity index (χ2v) is 6.98. The number of nitrogens with zero attached hydrogens (tertiary/aromatic N) is 2. The molecule has 2 aliphatic rings. The first-order valence-corrected chi connectivity index (χ1v) is 8.91. The van der Waals surface area contributed by atoms with Gasteiger partial charge in [0.05, 0.1) is 0 Å². The van der Waals surface area contributed by atoms with E-state index in [1.807, 2.05) is 30.0 Å². The van der Waals surface area contributed by atoms with Crippen molar-refractivity contribution in [3.63, 3.8) is 0 Å². The van der Waals surface area contributed by atoms with Crippen LogP contribution in [0, 0.1) is 12.3 Å². The lowest BCUT2D eigenvalue weighted by Gasteiger charge is -2.35. The highest BCUT2D eigenvalue weighted by Crippen LogP contribution is 2.47.